The van der Waals surface area contributed by atoms with Gasteiger partial charge < -0.3 is 19.7 Å². The van der Waals surface area contributed by atoms with Crippen molar-refractivity contribution < 1.29 is 33.7 Å². The van der Waals surface area contributed by atoms with Crippen LogP contribution in [0.1, 0.15) is 24.1 Å². The third-order valence-electron chi connectivity index (χ3n) is 5.95. The predicted octanol–water partition coefficient (Wildman–Crippen LogP) is 5.17. The Kier molecular flexibility index (Phi) is 6.26. The van der Waals surface area contributed by atoms with E-state index in [0.717, 1.165) is 11.3 Å². The highest BCUT2D eigenvalue weighted by molar-refractivity contribution is 7.22. The van der Waals surface area contributed by atoms with E-state index >= 15 is 0 Å². The molecule has 2 heterocycles. The first-order valence-corrected chi connectivity index (χ1v) is 12.1. The van der Waals surface area contributed by atoms with Crippen LogP contribution in [0.25, 0.3) is 16.0 Å². The molecule has 1 unspecified atom stereocenters. The van der Waals surface area contributed by atoms with Crippen molar-refractivity contribution in [2.75, 3.05) is 18.6 Å². The average Bonchev–Trinajstić information content (AvgIpc) is 3.42. The predicted molar refractivity (Wildman–Crippen MR) is 137 cm³/mol. The lowest BCUT2D eigenvalue weighted by atomic mass is 9.95. The van der Waals surface area contributed by atoms with Gasteiger partial charge in [0.15, 0.2) is 16.6 Å². The van der Waals surface area contributed by atoms with Crippen LogP contribution in [0.2, 0.25) is 0 Å². The average molecular weight is 521 g/mol. The highest BCUT2D eigenvalue weighted by atomic mass is 32.1. The molecule has 10 heteroatoms. The maximum absolute atomic E-state index is 13.8. The maximum atomic E-state index is 13.8. The first kappa shape index (κ1) is 24.3. The summed E-state index contributed by atoms with van der Waals surface area (Å²) in [6.45, 7) is 2.31. The number of benzene rings is 3. The molecule has 1 fully saturated rings. The zero-order valence-electron chi connectivity index (χ0n) is 19.8. The molecule has 1 saturated heterocycles. The minimum atomic E-state index is -1.09. The molecule has 0 aliphatic carbocycles. The summed E-state index contributed by atoms with van der Waals surface area (Å²) in [5, 5.41) is 21.5. The van der Waals surface area contributed by atoms with Gasteiger partial charge in [0, 0.05) is 5.56 Å². The van der Waals surface area contributed by atoms with E-state index < -0.39 is 23.5 Å². The molecule has 1 aliphatic heterocycles. The monoisotopic (exact) mass is 520 g/mol. The molecular weight excluding hydrogens is 499 g/mol. The number of thiazole rings is 1. The van der Waals surface area contributed by atoms with Gasteiger partial charge in [0.1, 0.15) is 17.3 Å². The zero-order chi connectivity index (χ0) is 26.3. The van der Waals surface area contributed by atoms with Crippen LogP contribution < -0.4 is 14.4 Å². The van der Waals surface area contributed by atoms with Crippen molar-refractivity contribution in [3.8, 4) is 17.2 Å². The summed E-state index contributed by atoms with van der Waals surface area (Å²) in [6, 6.07) is 13.8. The van der Waals surface area contributed by atoms with Crippen molar-refractivity contribution in [3.63, 3.8) is 0 Å². The minimum Gasteiger partial charge on any atom is -0.507 e. The number of hydrogen-bond donors (Lipinski definition) is 2. The molecule has 1 atom stereocenters. The zero-order valence-corrected chi connectivity index (χ0v) is 20.6. The molecule has 0 bridgehead atoms. The number of hydrogen-bond acceptors (Lipinski definition) is 8. The van der Waals surface area contributed by atoms with Gasteiger partial charge in [-0.3, -0.25) is 14.5 Å². The molecule has 0 saturated carbocycles. The van der Waals surface area contributed by atoms with Gasteiger partial charge >= 0.3 is 5.91 Å². The Labute approximate surface area is 214 Å². The summed E-state index contributed by atoms with van der Waals surface area (Å²) >= 11 is 1.04. The number of aliphatic hydroxyl groups excluding tert-OH is 1. The van der Waals surface area contributed by atoms with Crippen LogP contribution in [0.5, 0.6) is 17.2 Å². The van der Waals surface area contributed by atoms with Crippen molar-refractivity contribution in [1.82, 2.24) is 4.98 Å². The molecule has 1 aromatic heterocycles. The van der Waals surface area contributed by atoms with Crippen molar-refractivity contribution in [2.24, 2.45) is 0 Å². The largest absolute Gasteiger partial charge is 0.507 e. The van der Waals surface area contributed by atoms with Crippen molar-refractivity contribution in [2.45, 2.75) is 13.0 Å². The van der Waals surface area contributed by atoms with E-state index in [1.54, 1.807) is 24.3 Å². The standard InChI is InChI=1S/C27H21FN2O6S/c1-3-36-17-8-4-14(5-9-17)24(32)22-23(15-6-11-19(31)20(12-15)35-2)30(26(34)25(22)33)27-29-18-10-7-16(28)13-21(18)37-27/h4-13,23,31-32H,3H2,1-2H3/b24-22+. The van der Waals surface area contributed by atoms with Gasteiger partial charge in [0.25, 0.3) is 5.78 Å². The van der Waals surface area contributed by atoms with Gasteiger partial charge in [0.2, 0.25) is 0 Å². The summed E-state index contributed by atoms with van der Waals surface area (Å²) in [6.07, 6.45) is 0. The summed E-state index contributed by atoms with van der Waals surface area (Å²) in [5.74, 6) is -2.08. The van der Waals surface area contributed by atoms with Crippen LogP contribution >= 0.6 is 11.3 Å². The minimum absolute atomic E-state index is 0.121. The summed E-state index contributed by atoms with van der Waals surface area (Å²) < 4.78 is 25.0. The van der Waals surface area contributed by atoms with Crippen LogP contribution in [0, 0.1) is 5.82 Å². The molecule has 4 aromatic rings. The normalized spacial score (nSPS) is 16.9. The number of ether oxygens (including phenoxy) is 2. The van der Waals surface area contributed by atoms with Crippen LogP contribution in [-0.2, 0) is 9.59 Å². The number of Topliss-reactive ketones (excluding diaryl/α,β-unsaturated/α-hetero) is 1. The Balaban J connectivity index is 1.71. The van der Waals surface area contributed by atoms with E-state index in [4.69, 9.17) is 9.47 Å². The molecule has 1 aliphatic rings. The van der Waals surface area contributed by atoms with Gasteiger partial charge in [-0.2, -0.15) is 0 Å². The first-order chi connectivity index (χ1) is 17.8. The molecule has 5 rings (SSSR count). The SMILES string of the molecule is CCOc1ccc(/C(O)=C2\C(=O)C(=O)N(c3nc4ccc(F)cc4s3)C2c2ccc(O)c(OC)c2)cc1. The van der Waals surface area contributed by atoms with Crippen LogP contribution in [0.3, 0.4) is 0 Å². The number of carbonyl (C=O) groups is 2. The number of ketones is 1. The topological polar surface area (TPSA) is 109 Å². The second kappa shape index (κ2) is 9.55. The van der Waals surface area contributed by atoms with Gasteiger partial charge in [-0.25, -0.2) is 9.37 Å². The Morgan fingerprint density at radius 2 is 1.86 bits per heavy atom. The number of rotatable bonds is 6. The highest BCUT2D eigenvalue weighted by Crippen LogP contribution is 2.45. The fraction of sp³-hybridized carbons (Fsp3) is 0.148. The van der Waals surface area contributed by atoms with E-state index in [-0.39, 0.29) is 28.0 Å². The van der Waals surface area contributed by atoms with E-state index in [1.807, 2.05) is 6.92 Å². The van der Waals surface area contributed by atoms with E-state index in [9.17, 15) is 24.2 Å². The quantitative estimate of drug-likeness (QED) is 0.205. The molecular formula is C27H21FN2O6S. The lowest BCUT2D eigenvalue weighted by Gasteiger charge is -2.23. The molecule has 2 N–H and O–H groups in total. The summed E-state index contributed by atoms with van der Waals surface area (Å²) in [5.41, 5.74) is 1.000. The van der Waals surface area contributed by atoms with Crippen LogP contribution in [0.4, 0.5) is 9.52 Å². The second-order valence-corrected chi connectivity index (χ2v) is 9.18. The van der Waals surface area contributed by atoms with Crippen molar-refractivity contribution in [3.05, 3.63) is 83.2 Å². The maximum Gasteiger partial charge on any atom is 0.301 e. The third kappa shape index (κ3) is 4.25. The number of aromatic nitrogens is 1. The summed E-state index contributed by atoms with van der Waals surface area (Å²) in [4.78, 5) is 32.3. The van der Waals surface area contributed by atoms with E-state index in [2.05, 4.69) is 4.98 Å². The summed E-state index contributed by atoms with van der Waals surface area (Å²) in [7, 11) is 1.37. The number of carbonyl (C=O) groups excluding carboxylic acids is 2. The van der Waals surface area contributed by atoms with Crippen LogP contribution in [0.15, 0.2) is 66.2 Å². The number of methoxy groups -OCH3 is 1. The molecule has 0 spiro atoms. The number of aliphatic hydroxyl groups is 1. The molecule has 188 valence electrons. The lowest BCUT2D eigenvalue weighted by molar-refractivity contribution is -0.132. The number of phenols is 1. The van der Waals surface area contributed by atoms with Gasteiger partial charge in [-0.15, -0.1) is 0 Å². The molecule has 3 aromatic carbocycles. The first-order valence-electron chi connectivity index (χ1n) is 11.3. The number of halogens is 1. The lowest BCUT2D eigenvalue weighted by Crippen LogP contribution is -2.29. The van der Waals surface area contributed by atoms with E-state index in [0.29, 0.717) is 33.7 Å². The number of fused-ring (bicyclic) bond motifs is 1. The third-order valence-corrected chi connectivity index (χ3v) is 6.97. The molecule has 8 nitrogen and oxygen atoms in total. The van der Waals surface area contributed by atoms with Gasteiger partial charge in [-0.05, 0) is 67.1 Å². The number of amides is 1. The molecule has 37 heavy (non-hydrogen) atoms. The van der Waals surface area contributed by atoms with Gasteiger partial charge in [-0.1, -0.05) is 17.4 Å². The number of aromatic hydroxyl groups is 1. The Morgan fingerprint density at radius 3 is 2.57 bits per heavy atom. The second-order valence-electron chi connectivity index (χ2n) is 8.17. The van der Waals surface area contributed by atoms with Crippen molar-refractivity contribution in [1.29, 1.82) is 0 Å². The number of phenolic OH excluding ortho intramolecular Hbond substituents is 1. The molecule has 1 amide bonds. The van der Waals surface area contributed by atoms with Gasteiger partial charge in [0.05, 0.1) is 35.5 Å². The Bertz CT molecular complexity index is 1560. The fourth-order valence-electron chi connectivity index (χ4n) is 4.23. The Hall–Kier alpha value is -4.44. The number of anilines is 1. The molecule has 0 radical (unpaired) electrons. The van der Waals surface area contributed by atoms with Crippen molar-refractivity contribution >= 4 is 44.1 Å². The number of nitrogens with zero attached hydrogens (tertiary/aromatic N) is 2. The van der Waals surface area contributed by atoms with E-state index in [1.165, 1.54) is 48.4 Å². The fourth-order valence-corrected chi connectivity index (χ4v) is 5.25. The van der Waals surface area contributed by atoms with Crippen LogP contribution in [-0.4, -0.2) is 40.6 Å². The Morgan fingerprint density at radius 1 is 1.11 bits per heavy atom. The highest BCUT2D eigenvalue weighted by Gasteiger charge is 2.48. The smallest absolute Gasteiger partial charge is 0.301 e.